The molecule has 6 nitrogen and oxygen atoms in total. The molecule has 1 aromatic heterocycles. The maximum absolute atomic E-state index is 12.5. The average Bonchev–Trinajstić information content (AvgIpc) is 3.10. The summed E-state index contributed by atoms with van der Waals surface area (Å²) in [5, 5.41) is 7.38. The van der Waals surface area contributed by atoms with E-state index in [-0.39, 0.29) is 5.91 Å². The Morgan fingerprint density at radius 2 is 1.96 bits per heavy atom. The van der Waals surface area contributed by atoms with Gasteiger partial charge in [0.25, 0.3) is 0 Å². The minimum Gasteiger partial charge on any atom is -0.486 e. The van der Waals surface area contributed by atoms with Crippen molar-refractivity contribution in [1.29, 1.82) is 0 Å². The molecule has 1 aliphatic rings. The fourth-order valence-corrected chi connectivity index (χ4v) is 2.62. The highest BCUT2D eigenvalue weighted by atomic mass is 16.6. The molecule has 25 heavy (non-hydrogen) atoms. The van der Waals surface area contributed by atoms with E-state index < -0.39 is 5.54 Å². The largest absolute Gasteiger partial charge is 0.486 e. The lowest BCUT2D eigenvalue weighted by Crippen LogP contribution is -2.45. The topological polar surface area (TPSA) is 65.4 Å². The van der Waals surface area contributed by atoms with Crippen LogP contribution in [0.2, 0.25) is 0 Å². The maximum Gasteiger partial charge on any atom is 0.247 e. The number of rotatable bonds is 5. The molecule has 0 radical (unpaired) electrons. The number of hydrogen-bond acceptors (Lipinski definition) is 4. The molecular formula is C19H25N3O3. The fourth-order valence-electron chi connectivity index (χ4n) is 2.62. The van der Waals surface area contributed by atoms with Gasteiger partial charge in [-0.15, -0.1) is 0 Å². The highest BCUT2D eigenvalue weighted by Gasteiger charge is 2.30. The van der Waals surface area contributed by atoms with Gasteiger partial charge in [0.1, 0.15) is 18.8 Å². The van der Waals surface area contributed by atoms with Gasteiger partial charge in [-0.2, -0.15) is 5.10 Å². The van der Waals surface area contributed by atoms with Crippen LogP contribution in [-0.4, -0.2) is 35.4 Å². The Labute approximate surface area is 148 Å². The predicted octanol–water partition coefficient (Wildman–Crippen LogP) is 2.83. The van der Waals surface area contributed by atoms with E-state index >= 15 is 0 Å². The molecule has 0 bridgehead atoms. The van der Waals surface area contributed by atoms with Crippen molar-refractivity contribution in [3.63, 3.8) is 0 Å². The van der Waals surface area contributed by atoms with Crippen molar-refractivity contribution in [2.75, 3.05) is 19.8 Å². The molecule has 0 aliphatic carbocycles. The Hall–Kier alpha value is -2.50. The Morgan fingerprint density at radius 3 is 2.68 bits per heavy atom. The third-order valence-electron chi connectivity index (χ3n) is 4.26. The number of aromatic nitrogens is 2. The minimum atomic E-state index is -0.763. The Bertz CT molecular complexity index is 765. The zero-order valence-corrected chi connectivity index (χ0v) is 15.2. The van der Waals surface area contributed by atoms with Crippen LogP contribution in [-0.2, 0) is 10.3 Å². The standard InChI is InChI=1S/C19H25N3O3/c1-13(2)10-20-18(23)19(3,4)22-12-15(11-21-22)14-5-6-16-17(9-14)25-8-7-24-16/h5-6,9,11-13H,7-8,10H2,1-4H3,(H,20,23). The molecule has 1 amide bonds. The maximum atomic E-state index is 12.5. The van der Waals surface area contributed by atoms with E-state index in [0.29, 0.717) is 25.7 Å². The zero-order chi connectivity index (χ0) is 18.0. The number of nitrogens with zero attached hydrogens (tertiary/aromatic N) is 2. The summed E-state index contributed by atoms with van der Waals surface area (Å²) in [5.74, 6) is 1.87. The molecule has 0 saturated heterocycles. The molecule has 0 fully saturated rings. The van der Waals surface area contributed by atoms with Crippen LogP contribution in [0.15, 0.2) is 30.6 Å². The summed E-state index contributed by atoms with van der Waals surface area (Å²) >= 11 is 0. The molecule has 2 aromatic rings. The van der Waals surface area contributed by atoms with Crippen LogP contribution in [0.25, 0.3) is 11.1 Å². The van der Waals surface area contributed by atoms with Gasteiger partial charge in [-0.05, 0) is 37.5 Å². The summed E-state index contributed by atoms with van der Waals surface area (Å²) in [6, 6.07) is 5.82. The number of nitrogens with one attached hydrogen (secondary N) is 1. The molecular weight excluding hydrogens is 318 g/mol. The van der Waals surface area contributed by atoms with Crippen molar-refractivity contribution in [1.82, 2.24) is 15.1 Å². The normalized spacial score (nSPS) is 13.8. The van der Waals surface area contributed by atoms with Gasteiger partial charge in [-0.3, -0.25) is 9.48 Å². The monoisotopic (exact) mass is 343 g/mol. The molecule has 134 valence electrons. The third-order valence-corrected chi connectivity index (χ3v) is 4.26. The average molecular weight is 343 g/mol. The molecule has 0 spiro atoms. The number of carbonyl (C=O) groups is 1. The van der Waals surface area contributed by atoms with Crippen molar-refractivity contribution in [2.24, 2.45) is 5.92 Å². The van der Waals surface area contributed by atoms with Crippen molar-refractivity contribution < 1.29 is 14.3 Å². The van der Waals surface area contributed by atoms with Crippen LogP contribution in [0.5, 0.6) is 11.5 Å². The number of benzene rings is 1. The lowest BCUT2D eigenvalue weighted by atomic mass is 10.0. The molecule has 0 unspecified atom stereocenters. The first kappa shape index (κ1) is 17.3. The number of carbonyl (C=O) groups excluding carboxylic acids is 1. The van der Waals surface area contributed by atoms with E-state index in [1.165, 1.54) is 0 Å². The molecule has 0 atom stereocenters. The van der Waals surface area contributed by atoms with Gasteiger partial charge in [0.05, 0.1) is 6.20 Å². The first-order valence-corrected chi connectivity index (χ1v) is 8.61. The van der Waals surface area contributed by atoms with Crippen LogP contribution in [0.3, 0.4) is 0 Å². The summed E-state index contributed by atoms with van der Waals surface area (Å²) in [6.07, 6.45) is 3.66. The van der Waals surface area contributed by atoms with Crippen LogP contribution >= 0.6 is 0 Å². The van der Waals surface area contributed by atoms with Crippen LogP contribution in [0.1, 0.15) is 27.7 Å². The fraction of sp³-hybridized carbons (Fsp3) is 0.474. The predicted molar refractivity (Wildman–Crippen MR) is 95.8 cm³/mol. The second-order valence-electron chi connectivity index (χ2n) is 7.19. The lowest BCUT2D eigenvalue weighted by molar-refractivity contribution is -0.129. The molecule has 3 rings (SSSR count). The number of amides is 1. The van der Waals surface area contributed by atoms with Crippen molar-refractivity contribution in [2.45, 2.75) is 33.2 Å². The highest BCUT2D eigenvalue weighted by molar-refractivity contribution is 5.83. The Kier molecular flexibility index (Phi) is 4.70. The van der Waals surface area contributed by atoms with E-state index in [4.69, 9.17) is 9.47 Å². The van der Waals surface area contributed by atoms with Gasteiger partial charge in [0.15, 0.2) is 11.5 Å². The minimum absolute atomic E-state index is 0.0435. The molecule has 1 aliphatic heterocycles. The van der Waals surface area contributed by atoms with Gasteiger partial charge >= 0.3 is 0 Å². The quantitative estimate of drug-likeness (QED) is 0.907. The van der Waals surface area contributed by atoms with Crippen LogP contribution < -0.4 is 14.8 Å². The smallest absolute Gasteiger partial charge is 0.247 e. The van der Waals surface area contributed by atoms with Gasteiger partial charge < -0.3 is 14.8 Å². The van der Waals surface area contributed by atoms with Gasteiger partial charge in [0, 0.05) is 18.3 Å². The first-order valence-electron chi connectivity index (χ1n) is 8.61. The van der Waals surface area contributed by atoms with E-state index in [1.807, 2.05) is 38.2 Å². The lowest BCUT2D eigenvalue weighted by Gasteiger charge is -2.24. The van der Waals surface area contributed by atoms with Crippen LogP contribution in [0, 0.1) is 5.92 Å². The summed E-state index contributed by atoms with van der Waals surface area (Å²) in [6.45, 7) is 9.65. The zero-order valence-electron chi connectivity index (χ0n) is 15.2. The first-order chi connectivity index (χ1) is 11.9. The Morgan fingerprint density at radius 1 is 1.24 bits per heavy atom. The van der Waals surface area contributed by atoms with E-state index in [0.717, 1.165) is 22.6 Å². The molecule has 1 N–H and O–H groups in total. The summed E-state index contributed by atoms with van der Waals surface area (Å²) in [7, 11) is 0. The molecule has 6 heteroatoms. The van der Waals surface area contributed by atoms with E-state index in [9.17, 15) is 4.79 Å². The van der Waals surface area contributed by atoms with Crippen LogP contribution in [0.4, 0.5) is 0 Å². The van der Waals surface area contributed by atoms with Gasteiger partial charge in [-0.25, -0.2) is 0 Å². The third kappa shape index (κ3) is 3.62. The van der Waals surface area contributed by atoms with Crippen molar-refractivity contribution in [3.8, 4) is 22.6 Å². The molecule has 1 aromatic carbocycles. The van der Waals surface area contributed by atoms with E-state index in [1.54, 1.807) is 10.9 Å². The molecule has 2 heterocycles. The summed E-state index contributed by atoms with van der Waals surface area (Å²) in [5.41, 5.74) is 1.15. The van der Waals surface area contributed by atoms with Crippen molar-refractivity contribution in [3.05, 3.63) is 30.6 Å². The Balaban J connectivity index is 1.81. The molecule has 0 saturated carbocycles. The number of fused-ring (bicyclic) bond motifs is 1. The number of ether oxygens (including phenoxy) is 2. The summed E-state index contributed by atoms with van der Waals surface area (Å²) < 4.78 is 12.9. The highest BCUT2D eigenvalue weighted by Crippen LogP contribution is 2.34. The second-order valence-corrected chi connectivity index (χ2v) is 7.19. The van der Waals surface area contributed by atoms with E-state index in [2.05, 4.69) is 24.3 Å². The number of hydrogen-bond donors (Lipinski definition) is 1. The van der Waals surface area contributed by atoms with Gasteiger partial charge in [-0.1, -0.05) is 19.9 Å². The summed E-state index contributed by atoms with van der Waals surface area (Å²) in [4.78, 5) is 12.5. The second kappa shape index (κ2) is 6.78. The van der Waals surface area contributed by atoms with Crippen molar-refractivity contribution >= 4 is 5.91 Å². The SMILES string of the molecule is CC(C)CNC(=O)C(C)(C)n1cc(-c2ccc3c(c2)OCCO3)cn1. The van der Waals surface area contributed by atoms with Gasteiger partial charge in [0.2, 0.25) is 5.91 Å².